The number of aryl methyl sites for hydroxylation is 1. The van der Waals surface area contributed by atoms with E-state index in [1.54, 1.807) is 6.07 Å². The number of benzene rings is 1. The van der Waals surface area contributed by atoms with Crippen molar-refractivity contribution in [2.75, 3.05) is 5.32 Å². The summed E-state index contributed by atoms with van der Waals surface area (Å²) in [5, 5.41) is 5.63. The molecule has 4 heteroatoms. The minimum Gasteiger partial charge on any atom is -0.340 e. The van der Waals surface area contributed by atoms with Crippen LogP contribution in [0.2, 0.25) is 0 Å². The molecule has 1 aromatic rings. The van der Waals surface area contributed by atoms with Crippen molar-refractivity contribution in [1.29, 1.82) is 0 Å². The van der Waals surface area contributed by atoms with Gasteiger partial charge in [-0.2, -0.15) is 0 Å². The van der Waals surface area contributed by atoms with Crippen LogP contribution >= 0.6 is 0 Å². The molecule has 0 radical (unpaired) electrons. The molecule has 2 N–H and O–H groups in total. The second kappa shape index (κ2) is 4.80. The maximum absolute atomic E-state index is 12.2. The average Bonchev–Trinajstić information content (AvgIpc) is 2.37. The number of hydrogen-bond acceptors (Lipinski definition) is 2. The van der Waals surface area contributed by atoms with E-state index < -0.39 is 6.04 Å². The molecule has 18 heavy (non-hydrogen) atoms. The quantitative estimate of drug-likeness (QED) is 0.839. The van der Waals surface area contributed by atoms with Gasteiger partial charge in [0.2, 0.25) is 5.91 Å². The SMILES string of the molecule is Cc1cccc2c1C(=O)N[C@H](CC(C)C)C(=O)N2. The molecule has 4 nitrogen and oxygen atoms in total. The zero-order valence-corrected chi connectivity index (χ0v) is 10.9. The van der Waals surface area contributed by atoms with Gasteiger partial charge in [0.15, 0.2) is 0 Å². The molecule has 0 aliphatic carbocycles. The highest BCUT2D eigenvalue weighted by atomic mass is 16.2. The van der Waals surface area contributed by atoms with Gasteiger partial charge >= 0.3 is 0 Å². The summed E-state index contributed by atoms with van der Waals surface area (Å²) in [4.78, 5) is 24.2. The van der Waals surface area contributed by atoms with Crippen molar-refractivity contribution in [2.24, 2.45) is 5.92 Å². The molecule has 0 spiro atoms. The third-order valence-electron chi connectivity index (χ3n) is 3.09. The number of carbonyl (C=O) groups excluding carboxylic acids is 2. The summed E-state index contributed by atoms with van der Waals surface area (Å²) in [6.07, 6.45) is 0.643. The Morgan fingerprint density at radius 2 is 2.00 bits per heavy atom. The largest absolute Gasteiger partial charge is 0.340 e. The Bertz CT molecular complexity index is 495. The molecule has 0 saturated heterocycles. The first-order chi connectivity index (χ1) is 8.49. The lowest BCUT2D eigenvalue weighted by Gasteiger charge is -2.16. The third-order valence-corrected chi connectivity index (χ3v) is 3.09. The van der Waals surface area contributed by atoms with Crippen LogP contribution in [-0.2, 0) is 4.79 Å². The number of rotatable bonds is 2. The molecule has 0 fully saturated rings. The van der Waals surface area contributed by atoms with Crippen LogP contribution in [0.1, 0.15) is 36.2 Å². The van der Waals surface area contributed by atoms with Crippen molar-refractivity contribution in [3.05, 3.63) is 29.3 Å². The van der Waals surface area contributed by atoms with Gasteiger partial charge in [0.05, 0.1) is 11.3 Å². The standard InChI is InChI=1S/C14H18N2O2/c1-8(2)7-11-13(17)15-10-6-4-5-9(3)12(10)14(18)16-11/h4-6,8,11H,7H2,1-3H3,(H,15,17)(H,16,18)/t11-/m1/s1. The summed E-state index contributed by atoms with van der Waals surface area (Å²) in [6.45, 7) is 5.93. The topological polar surface area (TPSA) is 58.2 Å². The Kier molecular flexibility index (Phi) is 3.36. The molecule has 1 atom stereocenters. The van der Waals surface area contributed by atoms with Crippen LogP contribution in [0.25, 0.3) is 0 Å². The minimum absolute atomic E-state index is 0.138. The summed E-state index contributed by atoms with van der Waals surface area (Å²) >= 11 is 0. The van der Waals surface area contributed by atoms with Crippen LogP contribution in [0.5, 0.6) is 0 Å². The highest BCUT2D eigenvalue weighted by Gasteiger charge is 2.28. The molecule has 0 aromatic heterocycles. The van der Waals surface area contributed by atoms with E-state index >= 15 is 0 Å². The summed E-state index contributed by atoms with van der Waals surface area (Å²) in [5.41, 5.74) is 2.04. The van der Waals surface area contributed by atoms with E-state index in [2.05, 4.69) is 10.6 Å². The monoisotopic (exact) mass is 246 g/mol. The maximum Gasteiger partial charge on any atom is 0.254 e. The van der Waals surface area contributed by atoms with Crippen LogP contribution in [0.3, 0.4) is 0 Å². The fourth-order valence-corrected chi connectivity index (χ4v) is 2.23. The smallest absolute Gasteiger partial charge is 0.254 e. The average molecular weight is 246 g/mol. The Morgan fingerprint density at radius 1 is 1.28 bits per heavy atom. The second-order valence-corrected chi connectivity index (χ2v) is 5.14. The number of nitrogens with one attached hydrogen (secondary N) is 2. The van der Waals surface area contributed by atoms with Crippen LogP contribution in [0.15, 0.2) is 18.2 Å². The Balaban J connectivity index is 2.35. The lowest BCUT2D eigenvalue weighted by atomic mass is 10.0. The van der Waals surface area contributed by atoms with Crippen LogP contribution in [-0.4, -0.2) is 17.9 Å². The summed E-state index contributed by atoms with van der Waals surface area (Å²) < 4.78 is 0. The summed E-state index contributed by atoms with van der Waals surface area (Å²) in [6, 6.07) is 5.01. The molecular formula is C14H18N2O2. The Labute approximate surface area is 107 Å². The number of amides is 2. The van der Waals surface area contributed by atoms with Crippen molar-refractivity contribution in [1.82, 2.24) is 5.32 Å². The van der Waals surface area contributed by atoms with Gasteiger partial charge in [-0.1, -0.05) is 26.0 Å². The van der Waals surface area contributed by atoms with Crippen molar-refractivity contribution in [2.45, 2.75) is 33.2 Å². The fourth-order valence-electron chi connectivity index (χ4n) is 2.23. The first-order valence-corrected chi connectivity index (χ1v) is 6.20. The molecule has 0 unspecified atom stereocenters. The van der Waals surface area contributed by atoms with E-state index in [-0.39, 0.29) is 11.8 Å². The number of hydrogen-bond donors (Lipinski definition) is 2. The molecule has 0 saturated carbocycles. The highest BCUT2D eigenvalue weighted by molar-refractivity contribution is 6.10. The van der Waals surface area contributed by atoms with Crippen molar-refractivity contribution < 1.29 is 9.59 Å². The number of fused-ring (bicyclic) bond motifs is 1. The van der Waals surface area contributed by atoms with Crippen LogP contribution < -0.4 is 10.6 Å². The van der Waals surface area contributed by atoms with Gasteiger partial charge in [0, 0.05) is 0 Å². The zero-order valence-electron chi connectivity index (χ0n) is 10.9. The van der Waals surface area contributed by atoms with Gasteiger partial charge in [-0.25, -0.2) is 0 Å². The number of anilines is 1. The summed E-state index contributed by atoms with van der Waals surface area (Å²) in [5.74, 6) is 0.0388. The van der Waals surface area contributed by atoms with E-state index in [9.17, 15) is 9.59 Å². The number of carbonyl (C=O) groups is 2. The summed E-state index contributed by atoms with van der Waals surface area (Å²) in [7, 11) is 0. The molecule has 96 valence electrons. The first kappa shape index (κ1) is 12.6. The normalized spacial score (nSPS) is 19.0. The first-order valence-electron chi connectivity index (χ1n) is 6.20. The van der Waals surface area contributed by atoms with Gasteiger partial charge in [-0.05, 0) is 30.9 Å². The maximum atomic E-state index is 12.2. The fraction of sp³-hybridized carbons (Fsp3) is 0.429. The lowest BCUT2D eigenvalue weighted by Crippen LogP contribution is -2.42. The van der Waals surface area contributed by atoms with Crippen molar-refractivity contribution in [3.8, 4) is 0 Å². The molecule has 0 bridgehead atoms. The molecule has 1 heterocycles. The van der Waals surface area contributed by atoms with Crippen LogP contribution in [0, 0.1) is 12.8 Å². The lowest BCUT2D eigenvalue weighted by molar-refractivity contribution is -0.118. The molecule has 1 aromatic carbocycles. The Hall–Kier alpha value is -1.84. The van der Waals surface area contributed by atoms with E-state index in [1.807, 2.05) is 32.9 Å². The van der Waals surface area contributed by atoms with Crippen molar-refractivity contribution >= 4 is 17.5 Å². The molecule has 1 aliphatic heterocycles. The zero-order chi connectivity index (χ0) is 13.3. The molecule has 1 aliphatic rings. The third kappa shape index (κ3) is 2.37. The molecule has 2 amide bonds. The van der Waals surface area contributed by atoms with Gasteiger partial charge in [-0.3, -0.25) is 9.59 Å². The van der Waals surface area contributed by atoms with E-state index in [0.717, 1.165) is 5.56 Å². The van der Waals surface area contributed by atoms with E-state index in [4.69, 9.17) is 0 Å². The highest BCUT2D eigenvalue weighted by Crippen LogP contribution is 2.23. The van der Waals surface area contributed by atoms with Crippen LogP contribution in [0.4, 0.5) is 5.69 Å². The van der Waals surface area contributed by atoms with Gasteiger partial charge in [0.1, 0.15) is 6.04 Å². The van der Waals surface area contributed by atoms with Crippen molar-refractivity contribution in [3.63, 3.8) is 0 Å². The van der Waals surface area contributed by atoms with E-state index in [1.165, 1.54) is 0 Å². The Morgan fingerprint density at radius 3 is 2.67 bits per heavy atom. The molecular weight excluding hydrogens is 228 g/mol. The van der Waals surface area contributed by atoms with Gasteiger partial charge in [-0.15, -0.1) is 0 Å². The minimum atomic E-state index is -0.454. The predicted molar refractivity (Wildman–Crippen MR) is 70.5 cm³/mol. The van der Waals surface area contributed by atoms with Gasteiger partial charge in [0.25, 0.3) is 5.91 Å². The molecule has 2 rings (SSSR count). The van der Waals surface area contributed by atoms with E-state index in [0.29, 0.717) is 23.6 Å². The van der Waals surface area contributed by atoms with Gasteiger partial charge < -0.3 is 10.6 Å². The second-order valence-electron chi connectivity index (χ2n) is 5.14. The predicted octanol–water partition coefficient (Wildman–Crippen LogP) is 2.09.